The number of carbonyl (C=O) groups is 1. The summed E-state index contributed by atoms with van der Waals surface area (Å²) < 4.78 is 57.1. The van der Waals surface area contributed by atoms with Crippen LogP contribution >= 0.6 is 11.3 Å². The van der Waals surface area contributed by atoms with Crippen molar-refractivity contribution in [2.75, 3.05) is 12.4 Å². The molecule has 0 bridgehead atoms. The van der Waals surface area contributed by atoms with Gasteiger partial charge in [-0.15, -0.1) is 0 Å². The smallest absolute Gasteiger partial charge is 0.230 e. The Morgan fingerprint density at radius 1 is 1.14 bits per heavy atom. The molecule has 4 rings (SSSR count). The summed E-state index contributed by atoms with van der Waals surface area (Å²) in [6.45, 7) is 1.85. The predicted octanol–water partition coefficient (Wildman–Crippen LogP) is 5.95. The summed E-state index contributed by atoms with van der Waals surface area (Å²) >= 11 is 0.991. The van der Waals surface area contributed by atoms with Crippen molar-refractivity contribution in [2.45, 2.75) is 36.4 Å². The van der Waals surface area contributed by atoms with Crippen LogP contribution in [0.4, 0.5) is 13.9 Å². The van der Waals surface area contributed by atoms with Gasteiger partial charge in [0, 0.05) is 18.9 Å². The number of amides is 1. The Morgan fingerprint density at radius 2 is 1.81 bits per heavy atom. The molecule has 37 heavy (non-hydrogen) atoms. The van der Waals surface area contributed by atoms with E-state index in [-0.39, 0.29) is 40.5 Å². The Balaban J connectivity index is 1.36. The number of hydrogen-bond donors (Lipinski definition) is 3. The van der Waals surface area contributed by atoms with Crippen LogP contribution in [0.1, 0.15) is 34.7 Å². The Hall–Kier alpha value is -3.41. The maximum Gasteiger partial charge on any atom is 0.230 e. The third kappa shape index (κ3) is 6.68. The highest BCUT2D eigenvalue weighted by Gasteiger charge is 2.22. The maximum absolute atomic E-state index is 14.1. The number of anilines is 1. The number of allylic oxidation sites excluding steroid dienone is 4. The van der Waals surface area contributed by atoms with E-state index in [0.29, 0.717) is 22.6 Å². The molecule has 1 aromatic heterocycles. The molecular weight excluding hydrogens is 518 g/mol. The maximum atomic E-state index is 14.1. The molecule has 2 unspecified atom stereocenters. The minimum absolute atomic E-state index is 0.0257. The Bertz CT molecular complexity index is 1450. The summed E-state index contributed by atoms with van der Waals surface area (Å²) in [4.78, 5) is 16.9. The van der Waals surface area contributed by atoms with Crippen LogP contribution < -0.4 is 14.8 Å². The van der Waals surface area contributed by atoms with Gasteiger partial charge in [-0.3, -0.25) is 4.79 Å². The first-order chi connectivity index (χ1) is 17.6. The minimum atomic E-state index is -3.35. The van der Waals surface area contributed by atoms with Gasteiger partial charge in [0.15, 0.2) is 5.13 Å². The fourth-order valence-corrected chi connectivity index (χ4v) is 6.40. The van der Waals surface area contributed by atoms with Crippen molar-refractivity contribution < 1.29 is 22.5 Å². The number of benzene rings is 2. The molecule has 7 nitrogen and oxygen atoms in total. The molecule has 0 spiro atoms. The highest BCUT2D eigenvalue weighted by molar-refractivity contribution is 7.92. The lowest BCUT2D eigenvalue weighted by atomic mass is 9.90. The Labute approximate surface area is 218 Å². The number of halogens is 2. The summed E-state index contributed by atoms with van der Waals surface area (Å²) in [6.07, 6.45) is 2.28. The normalized spacial score (nSPS) is 16.9. The average molecular weight is 545 g/mol. The van der Waals surface area contributed by atoms with Crippen LogP contribution in [-0.4, -0.2) is 22.2 Å². The lowest BCUT2D eigenvalue weighted by molar-refractivity contribution is -0.115. The number of nitrogens with one attached hydrogen (secondary N) is 3. The highest BCUT2D eigenvalue weighted by atomic mass is 32.2. The van der Waals surface area contributed by atoms with Gasteiger partial charge in [-0.05, 0) is 47.9 Å². The zero-order valence-corrected chi connectivity index (χ0v) is 21.8. The molecule has 1 amide bonds. The van der Waals surface area contributed by atoms with E-state index in [0.717, 1.165) is 29.1 Å². The van der Waals surface area contributed by atoms with E-state index < -0.39 is 21.7 Å². The monoisotopic (exact) mass is 544 g/mol. The standard InChI is InChI=1S/C26H26F2N4O3S2/c1-16-25(37(29,34)30-15-18-5-10-21(35-2)11-6-18)36-26(31-16)32-24(33)13-17-3-7-19(8-4-17)22-14-20(27)9-12-23(22)28/h3-12,22H,13-15H2,1-2H3,(H2,29,30,34)(H,31,32,33). The SMILES string of the molecule is COc1ccc(CNS(=N)(=O)c2sc(NC(=O)Cc3ccc(C4CC(F)=CC=C4F)cc3)nc2C)cc1. The van der Waals surface area contributed by atoms with Crippen LogP contribution in [0.15, 0.2) is 76.5 Å². The topological polar surface area (TPSA) is 104 Å². The summed E-state index contributed by atoms with van der Waals surface area (Å²) in [5.74, 6) is -1.07. The zero-order chi connectivity index (χ0) is 26.6. The van der Waals surface area contributed by atoms with E-state index in [9.17, 15) is 17.8 Å². The summed E-state index contributed by atoms with van der Waals surface area (Å²) in [7, 11) is -1.77. The Kier molecular flexibility index (Phi) is 8.16. The lowest BCUT2D eigenvalue weighted by Crippen LogP contribution is -2.21. The van der Waals surface area contributed by atoms with Crippen molar-refractivity contribution in [3.05, 3.63) is 94.7 Å². The first-order valence-electron chi connectivity index (χ1n) is 11.4. The number of aromatic nitrogens is 1. The van der Waals surface area contributed by atoms with Gasteiger partial charge in [-0.2, -0.15) is 0 Å². The van der Waals surface area contributed by atoms with Gasteiger partial charge in [-0.25, -0.2) is 27.5 Å². The second-order valence-electron chi connectivity index (χ2n) is 8.51. The molecule has 0 saturated heterocycles. The van der Waals surface area contributed by atoms with E-state index in [1.54, 1.807) is 50.4 Å². The van der Waals surface area contributed by atoms with Gasteiger partial charge < -0.3 is 10.1 Å². The average Bonchev–Trinajstić information content (AvgIpc) is 3.25. The zero-order valence-electron chi connectivity index (χ0n) is 20.2. The van der Waals surface area contributed by atoms with Crippen LogP contribution in [0, 0.1) is 11.7 Å². The number of ether oxygens (including phenoxy) is 1. The van der Waals surface area contributed by atoms with E-state index in [2.05, 4.69) is 15.0 Å². The number of aryl methyl sites for hydroxylation is 1. The van der Waals surface area contributed by atoms with Crippen molar-refractivity contribution in [2.24, 2.45) is 0 Å². The van der Waals surface area contributed by atoms with E-state index in [1.807, 2.05) is 12.1 Å². The molecule has 0 radical (unpaired) electrons. The van der Waals surface area contributed by atoms with E-state index in [4.69, 9.17) is 9.52 Å². The molecular formula is C26H26F2N4O3S2. The van der Waals surface area contributed by atoms with Crippen LogP contribution in [0.3, 0.4) is 0 Å². The van der Waals surface area contributed by atoms with Gasteiger partial charge in [-0.1, -0.05) is 47.7 Å². The molecule has 1 aliphatic rings. The van der Waals surface area contributed by atoms with Crippen molar-refractivity contribution in [1.29, 1.82) is 4.78 Å². The highest BCUT2D eigenvalue weighted by Crippen LogP contribution is 2.35. The second-order valence-corrected chi connectivity index (χ2v) is 11.6. The third-order valence-corrected chi connectivity index (χ3v) is 8.99. The molecule has 3 N–H and O–H groups in total. The van der Waals surface area contributed by atoms with E-state index >= 15 is 0 Å². The van der Waals surface area contributed by atoms with Gasteiger partial charge in [0.05, 0.1) is 19.2 Å². The summed E-state index contributed by atoms with van der Waals surface area (Å²) in [5, 5.41) is 2.94. The lowest BCUT2D eigenvalue weighted by Gasteiger charge is -2.17. The fraction of sp³-hybridized carbons (Fsp3) is 0.231. The van der Waals surface area contributed by atoms with Crippen molar-refractivity contribution in [3.8, 4) is 5.75 Å². The van der Waals surface area contributed by atoms with Gasteiger partial charge in [0.1, 0.15) is 31.5 Å². The quantitative estimate of drug-likeness (QED) is 0.310. The first kappa shape index (κ1) is 26.6. The molecule has 11 heteroatoms. The van der Waals surface area contributed by atoms with Crippen molar-refractivity contribution in [1.82, 2.24) is 9.71 Å². The number of thiazole rings is 1. The molecule has 2 atom stereocenters. The fourth-order valence-electron chi connectivity index (χ4n) is 3.84. The molecule has 0 aliphatic heterocycles. The van der Waals surface area contributed by atoms with Crippen LogP contribution in [-0.2, 0) is 27.7 Å². The number of hydrogen-bond acceptors (Lipinski definition) is 6. The van der Waals surface area contributed by atoms with Gasteiger partial charge >= 0.3 is 0 Å². The summed E-state index contributed by atoms with van der Waals surface area (Å²) in [5.41, 5.74) is 2.56. The number of methoxy groups -OCH3 is 1. The first-order valence-corrected chi connectivity index (χ1v) is 13.8. The second kappa shape index (κ2) is 11.3. The van der Waals surface area contributed by atoms with E-state index in [1.165, 1.54) is 0 Å². The number of nitrogens with zero attached hydrogens (tertiary/aromatic N) is 1. The van der Waals surface area contributed by atoms with Crippen molar-refractivity contribution in [3.63, 3.8) is 0 Å². The minimum Gasteiger partial charge on any atom is -0.497 e. The largest absolute Gasteiger partial charge is 0.497 e. The predicted molar refractivity (Wildman–Crippen MR) is 140 cm³/mol. The van der Waals surface area contributed by atoms with Crippen LogP contribution in [0.5, 0.6) is 5.75 Å². The van der Waals surface area contributed by atoms with Crippen LogP contribution in [0.25, 0.3) is 0 Å². The molecule has 1 aliphatic carbocycles. The third-order valence-electron chi connectivity index (χ3n) is 5.80. The molecule has 2 aromatic carbocycles. The Morgan fingerprint density at radius 3 is 2.49 bits per heavy atom. The summed E-state index contributed by atoms with van der Waals surface area (Å²) in [6, 6.07) is 14.0. The molecule has 194 valence electrons. The van der Waals surface area contributed by atoms with Crippen molar-refractivity contribution >= 4 is 32.3 Å². The van der Waals surface area contributed by atoms with Crippen LogP contribution in [0.2, 0.25) is 0 Å². The van der Waals surface area contributed by atoms with Gasteiger partial charge in [0.2, 0.25) is 5.91 Å². The molecule has 0 saturated carbocycles. The molecule has 0 fully saturated rings. The molecule has 1 heterocycles. The number of carbonyl (C=O) groups excluding carboxylic acids is 1. The number of rotatable bonds is 9. The van der Waals surface area contributed by atoms with Gasteiger partial charge in [0.25, 0.3) is 0 Å². The molecule has 3 aromatic rings.